The van der Waals surface area contributed by atoms with Gasteiger partial charge in [-0.25, -0.2) is 4.79 Å². The van der Waals surface area contributed by atoms with E-state index in [-0.39, 0.29) is 24.0 Å². The first-order valence-electron chi connectivity index (χ1n) is 15.8. The van der Waals surface area contributed by atoms with Gasteiger partial charge < -0.3 is 25.4 Å². The van der Waals surface area contributed by atoms with E-state index < -0.39 is 23.8 Å². The molecular formula is C37H49N3O5. The van der Waals surface area contributed by atoms with Crippen LogP contribution < -0.4 is 10.6 Å². The Hall–Kier alpha value is -4.33. The molecule has 242 valence electrons. The highest BCUT2D eigenvalue weighted by atomic mass is 16.6. The molecular weight excluding hydrogens is 566 g/mol. The molecule has 3 N–H and O–H groups in total. The number of ether oxygens (including phenoxy) is 1. The van der Waals surface area contributed by atoms with Crippen molar-refractivity contribution < 1.29 is 24.2 Å². The van der Waals surface area contributed by atoms with E-state index in [1.54, 1.807) is 49.9 Å². The Morgan fingerprint density at radius 2 is 1.51 bits per heavy atom. The number of hydrogen-bond donors (Lipinski definition) is 3. The summed E-state index contributed by atoms with van der Waals surface area (Å²) in [7, 11) is 0. The Bertz CT molecular complexity index is 1380. The number of alkyl carbamates (subject to hydrolysis) is 1. The van der Waals surface area contributed by atoms with Gasteiger partial charge in [-0.2, -0.15) is 0 Å². The van der Waals surface area contributed by atoms with Crippen molar-refractivity contribution in [2.45, 2.75) is 97.9 Å². The summed E-state index contributed by atoms with van der Waals surface area (Å²) >= 11 is 0. The molecule has 3 amide bonds. The number of phenols is 1. The molecule has 8 nitrogen and oxygen atoms in total. The maximum Gasteiger partial charge on any atom is 0.408 e. The lowest BCUT2D eigenvalue weighted by Gasteiger charge is -2.35. The van der Waals surface area contributed by atoms with Gasteiger partial charge in [-0.3, -0.25) is 9.59 Å². The first-order chi connectivity index (χ1) is 21.4. The minimum absolute atomic E-state index is 0.101. The number of phenolic OH excluding ortho intramolecular Hbond substituents is 1. The molecule has 0 aliphatic rings. The average Bonchev–Trinajstić information content (AvgIpc) is 2.97. The normalized spacial score (nSPS) is 12.6. The predicted molar refractivity (Wildman–Crippen MR) is 178 cm³/mol. The zero-order valence-electron chi connectivity index (χ0n) is 27.6. The fraction of sp³-hybridized carbons (Fsp3) is 0.432. The van der Waals surface area contributed by atoms with Gasteiger partial charge in [0.15, 0.2) is 0 Å². The highest BCUT2D eigenvalue weighted by Crippen LogP contribution is 2.27. The summed E-state index contributed by atoms with van der Waals surface area (Å²) in [5.41, 5.74) is 3.60. The van der Waals surface area contributed by atoms with Crippen LogP contribution in [0.25, 0.3) is 0 Å². The molecule has 0 aromatic heterocycles. The number of rotatable bonds is 14. The standard InChI is InChI=1S/C37H49N3O5/c1-7-8-9-13-20-40(35(43)32(39-36(44)45-37(4,5)6)24-28-16-18-31(41)19-17-28)33(30-22-26(2)21-27(3)23-30)34(42)38-25-29-14-11-10-12-15-29/h10-12,14-19,21-23,32-33,41H,7-9,13,20,24-25H2,1-6H3,(H,38,42)(H,39,44). The summed E-state index contributed by atoms with van der Waals surface area (Å²) in [6, 6.07) is 20.1. The summed E-state index contributed by atoms with van der Waals surface area (Å²) < 4.78 is 5.54. The zero-order valence-corrected chi connectivity index (χ0v) is 27.6. The average molecular weight is 616 g/mol. The second-order valence-corrected chi connectivity index (χ2v) is 12.7. The highest BCUT2D eigenvalue weighted by Gasteiger charge is 2.36. The van der Waals surface area contributed by atoms with Crippen molar-refractivity contribution in [1.29, 1.82) is 0 Å². The van der Waals surface area contributed by atoms with Crippen LogP contribution in [0.4, 0.5) is 4.79 Å². The fourth-order valence-corrected chi connectivity index (χ4v) is 5.32. The molecule has 0 saturated heterocycles. The second-order valence-electron chi connectivity index (χ2n) is 12.7. The van der Waals surface area contributed by atoms with Crippen LogP contribution in [0.3, 0.4) is 0 Å². The number of aryl methyl sites for hydroxylation is 2. The van der Waals surface area contributed by atoms with Gasteiger partial charge in [-0.05, 0) is 69.9 Å². The summed E-state index contributed by atoms with van der Waals surface area (Å²) in [6.07, 6.45) is 3.05. The van der Waals surface area contributed by atoms with E-state index in [1.807, 2.05) is 62.4 Å². The molecule has 0 fully saturated rings. The van der Waals surface area contributed by atoms with Gasteiger partial charge in [0.05, 0.1) is 0 Å². The van der Waals surface area contributed by atoms with Crippen molar-refractivity contribution in [2.75, 3.05) is 6.54 Å². The van der Waals surface area contributed by atoms with Crippen LogP contribution in [-0.4, -0.2) is 46.1 Å². The number of amides is 3. The van der Waals surface area contributed by atoms with Gasteiger partial charge in [0, 0.05) is 19.5 Å². The summed E-state index contributed by atoms with van der Waals surface area (Å²) in [5, 5.41) is 15.7. The molecule has 0 spiro atoms. The fourth-order valence-electron chi connectivity index (χ4n) is 5.32. The van der Waals surface area contributed by atoms with Crippen LogP contribution in [0, 0.1) is 13.8 Å². The monoisotopic (exact) mass is 615 g/mol. The third kappa shape index (κ3) is 11.6. The number of nitrogens with zero attached hydrogens (tertiary/aromatic N) is 1. The van der Waals surface area contributed by atoms with Gasteiger partial charge in [0.25, 0.3) is 0 Å². The number of carbonyl (C=O) groups is 3. The highest BCUT2D eigenvalue weighted by molar-refractivity contribution is 5.92. The largest absolute Gasteiger partial charge is 0.508 e. The number of aromatic hydroxyl groups is 1. The van der Waals surface area contributed by atoms with Gasteiger partial charge in [-0.1, -0.05) is 98.0 Å². The van der Waals surface area contributed by atoms with Crippen LogP contribution in [-0.2, 0) is 27.3 Å². The van der Waals surface area contributed by atoms with Crippen LogP contribution in [0.15, 0.2) is 72.8 Å². The summed E-state index contributed by atoms with van der Waals surface area (Å²) in [6.45, 7) is 12.0. The van der Waals surface area contributed by atoms with E-state index >= 15 is 0 Å². The predicted octanol–water partition coefficient (Wildman–Crippen LogP) is 6.91. The van der Waals surface area contributed by atoms with Crippen molar-refractivity contribution in [1.82, 2.24) is 15.5 Å². The van der Waals surface area contributed by atoms with Crippen molar-refractivity contribution in [3.05, 3.63) is 101 Å². The quantitative estimate of drug-likeness (QED) is 0.171. The maximum absolute atomic E-state index is 14.7. The minimum atomic E-state index is -1.02. The van der Waals surface area contributed by atoms with E-state index in [0.29, 0.717) is 25.1 Å². The van der Waals surface area contributed by atoms with E-state index in [4.69, 9.17) is 4.74 Å². The Kier molecular flexibility index (Phi) is 13.0. The van der Waals surface area contributed by atoms with Crippen molar-refractivity contribution in [3.8, 4) is 5.75 Å². The number of benzene rings is 3. The lowest BCUT2D eigenvalue weighted by atomic mass is 9.97. The van der Waals surface area contributed by atoms with Gasteiger partial charge in [0.2, 0.25) is 11.8 Å². The molecule has 3 aromatic carbocycles. The van der Waals surface area contributed by atoms with Crippen LogP contribution in [0.2, 0.25) is 0 Å². The van der Waals surface area contributed by atoms with Gasteiger partial charge in [0.1, 0.15) is 23.4 Å². The van der Waals surface area contributed by atoms with Crippen LogP contribution in [0.1, 0.15) is 87.2 Å². The Labute approximate surface area is 268 Å². The van der Waals surface area contributed by atoms with Crippen molar-refractivity contribution in [3.63, 3.8) is 0 Å². The Balaban J connectivity index is 2.06. The molecule has 0 saturated carbocycles. The van der Waals surface area contributed by atoms with Gasteiger partial charge in [-0.15, -0.1) is 0 Å². The number of unbranched alkanes of at least 4 members (excludes halogenated alkanes) is 3. The molecule has 0 aliphatic carbocycles. The lowest BCUT2D eigenvalue weighted by molar-refractivity contribution is -0.142. The third-order valence-corrected chi connectivity index (χ3v) is 7.33. The Morgan fingerprint density at radius 1 is 0.867 bits per heavy atom. The molecule has 3 rings (SSSR count). The summed E-state index contributed by atoms with van der Waals surface area (Å²) in [4.78, 5) is 43.5. The third-order valence-electron chi connectivity index (χ3n) is 7.33. The smallest absolute Gasteiger partial charge is 0.408 e. The SMILES string of the molecule is CCCCCCN(C(=O)C(Cc1ccc(O)cc1)NC(=O)OC(C)(C)C)C(C(=O)NCc1ccccc1)c1cc(C)cc(C)c1. The van der Waals surface area contributed by atoms with Crippen molar-refractivity contribution in [2.24, 2.45) is 0 Å². The molecule has 3 aromatic rings. The van der Waals surface area contributed by atoms with Crippen LogP contribution >= 0.6 is 0 Å². The molecule has 2 unspecified atom stereocenters. The first-order valence-corrected chi connectivity index (χ1v) is 15.8. The zero-order chi connectivity index (χ0) is 33.0. The molecule has 0 heterocycles. The lowest BCUT2D eigenvalue weighted by Crippen LogP contribution is -2.54. The topological polar surface area (TPSA) is 108 Å². The molecule has 0 radical (unpaired) electrons. The first kappa shape index (κ1) is 35.2. The molecule has 8 heteroatoms. The van der Waals surface area contributed by atoms with E-state index in [0.717, 1.165) is 41.5 Å². The maximum atomic E-state index is 14.7. The summed E-state index contributed by atoms with van der Waals surface area (Å²) in [5.74, 6) is -0.581. The van der Waals surface area contributed by atoms with E-state index in [9.17, 15) is 19.5 Å². The second kappa shape index (κ2) is 16.7. The number of nitrogens with one attached hydrogen (secondary N) is 2. The minimum Gasteiger partial charge on any atom is -0.508 e. The molecule has 0 aliphatic heterocycles. The number of carbonyl (C=O) groups excluding carboxylic acids is 3. The van der Waals surface area contributed by atoms with Crippen molar-refractivity contribution >= 4 is 17.9 Å². The molecule has 45 heavy (non-hydrogen) atoms. The van der Waals surface area contributed by atoms with E-state index in [1.165, 1.54) is 0 Å². The molecule has 0 bridgehead atoms. The Morgan fingerprint density at radius 3 is 2.11 bits per heavy atom. The molecule has 2 atom stereocenters. The van der Waals surface area contributed by atoms with Crippen LogP contribution in [0.5, 0.6) is 5.75 Å². The van der Waals surface area contributed by atoms with Gasteiger partial charge >= 0.3 is 6.09 Å². The number of hydrogen-bond acceptors (Lipinski definition) is 5. The van der Waals surface area contributed by atoms with E-state index in [2.05, 4.69) is 17.6 Å².